The van der Waals surface area contributed by atoms with Crippen molar-refractivity contribution in [3.05, 3.63) is 60.2 Å². The first-order valence-electron chi connectivity index (χ1n) is 7.47. The van der Waals surface area contributed by atoms with Crippen LogP contribution in [0.3, 0.4) is 0 Å². The summed E-state index contributed by atoms with van der Waals surface area (Å²) in [6.07, 6.45) is 3.54. The molecular formula is C20H16O. The van der Waals surface area contributed by atoms with Crippen molar-refractivity contribution in [2.24, 2.45) is 0 Å². The molecule has 0 aliphatic heterocycles. The molecular weight excluding hydrogens is 256 g/mol. The van der Waals surface area contributed by atoms with Crippen LogP contribution < -0.4 is 0 Å². The van der Waals surface area contributed by atoms with E-state index < -0.39 is 0 Å². The molecule has 4 rings (SSSR count). The fraction of sp³-hybridized carbons (Fsp3) is 0.150. The van der Waals surface area contributed by atoms with Crippen molar-refractivity contribution in [2.75, 3.05) is 0 Å². The Bertz CT molecular complexity index is 921. The minimum Gasteiger partial charge on any atom is -0.303 e. The van der Waals surface area contributed by atoms with Gasteiger partial charge in [0.2, 0.25) is 0 Å². The van der Waals surface area contributed by atoms with Gasteiger partial charge in [-0.3, -0.25) is 0 Å². The molecule has 0 aliphatic carbocycles. The molecule has 0 fully saturated rings. The van der Waals surface area contributed by atoms with Crippen molar-refractivity contribution < 1.29 is 4.79 Å². The third-order valence-electron chi connectivity index (χ3n) is 4.39. The smallest absolute Gasteiger partial charge is 0.120 e. The fourth-order valence-electron chi connectivity index (χ4n) is 3.39. The zero-order valence-electron chi connectivity index (χ0n) is 11.8. The Balaban J connectivity index is 2.03. The van der Waals surface area contributed by atoms with E-state index in [0.29, 0.717) is 6.42 Å². The second-order valence-electron chi connectivity index (χ2n) is 5.64. The van der Waals surface area contributed by atoms with Gasteiger partial charge in [0.05, 0.1) is 0 Å². The molecule has 102 valence electrons. The number of aryl methyl sites for hydroxylation is 1. The number of hydrogen-bond acceptors (Lipinski definition) is 1. The molecule has 4 aromatic rings. The fourth-order valence-corrected chi connectivity index (χ4v) is 3.39. The monoisotopic (exact) mass is 272 g/mol. The highest BCUT2D eigenvalue weighted by Gasteiger charge is 2.10. The van der Waals surface area contributed by atoms with E-state index in [9.17, 15) is 4.79 Å². The highest BCUT2D eigenvalue weighted by molar-refractivity contribution is 6.23. The lowest BCUT2D eigenvalue weighted by molar-refractivity contribution is -0.107. The molecule has 1 heteroatoms. The third kappa shape index (κ3) is 1.89. The summed E-state index contributed by atoms with van der Waals surface area (Å²) >= 11 is 0. The maximum atomic E-state index is 10.5. The molecule has 4 aromatic carbocycles. The lowest BCUT2D eigenvalue weighted by Crippen LogP contribution is -1.91. The Morgan fingerprint density at radius 3 is 2.19 bits per heavy atom. The van der Waals surface area contributed by atoms with Gasteiger partial charge in [0.1, 0.15) is 6.29 Å². The van der Waals surface area contributed by atoms with Gasteiger partial charge < -0.3 is 4.79 Å². The van der Waals surface area contributed by atoms with E-state index in [1.165, 1.54) is 37.9 Å². The summed E-state index contributed by atoms with van der Waals surface area (Å²) in [5, 5.41) is 7.97. The first-order valence-corrected chi connectivity index (χ1v) is 7.47. The van der Waals surface area contributed by atoms with E-state index in [0.717, 1.165) is 19.1 Å². The second kappa shape index (κ2) is 4.85. The second-order valence-corrected chi connectivity index (χ2v) is 5.64. The highest BCUT2D eigenvalue weighted by atomic mass is 16.1. The SMILES string of the molecule is O=CCCCc1ccc2ccc3cccc4ccc1c2c34. The van der Waals surface area contributed by atoms with Crippen LogP contribution in [0, 0.1) is 0 Å². The van der Waals surface area contributed by atoms with Gasteiger partial charge in [-0.25, -0.2) is 0 Å². The van der Waals surface area contributed by atoms with Crippen LogP contribution in [0.25, 0.3) is 32.3 Å². The standard InChI is InChI=1S/C20H16O/c21-13-2-1-4-14-7-8-17-10-9-15-5-3-6-16-11-12-18(14)20(17)19(15)16/h3,5-13H,1-2,4H2. The number of rotatable bonds is 4. The molecule has 1 nitrogen and oxygen atoms in total. The Morgan fingerprint density at radius 2 is 1.43 bits per heavy atom. The molecule has 0 bridgehead atoms. The van der Waals surface area contributed by atoms with E-state index in [1.807, 2.05) is 0 Å². The summed E-state index contributed by atoms with van der Waals surface area (Å²) in [6.45, 7) is 0. The number of unbranched alkanes of at least 4 members (excludes halogenated alkanes) is 1. The summed E-state index contributed by atoms with van der Waals surface area (Å²) in [6, 6.07) is 19.8. The van der Waals surface area contributed by atoms with E-state index >= 15 is 0 Å². The Morgan fingerprint density at radius 1 is 0.762 bits per heavy atom. The zero-order chi connectivity index (χ0) is 14.2. The van der Waals surface area contributed by atoms with Crippen molar-refractivity contribution in [3.8, 4) is 0 Å². The molecule has 0 N–H and O–H groups in total. The lowest BCUT2D eigenvalue weighted by atomic mass is 9.91. The lowest BCUT2D eigenvalue weighted by Gasteiger charge is -2.13. The van der Waals surface area contributed by atoms with Crippen LogP contribution in [0.2, 0.25) is 0 Å². The van der Waals surface area contributed by atoms with Crippen molar-refractivity contribution in [3.63, 3.8) is 0 Å². The van der Waals surface area contributed by atoms with Crippen LogP contribution >= 0.6 is 0 Å². The van der Waals surface area contributed by atoms with Crippen LogP contribution in [-0.2, 0) is 11.2 Å². The molecule has 0 spiro atoms. The molecule has 0 heterocycles. The van der Waals surface area contributed by atoms with E-state index in [1.54, 1.807) is 0 Å². The van der Waals surface area contributed by atoms with Gasteiger partial charge in [0.25, 0.3) is 0 Å². The van der Waals surface area contributed by atoms with Crippen molar-refractivity contribution in [2.45, 2.75) is 19.3 Å². The number of carbonyl (C=O) groups excluding carboxylic acids is 1. The predicted octanol–water partition coefficient (Wildman–Crippen LogP) is 5.11. The molecule has 0 unspecified atom stereocenters. The van der Waals surface area contributed by atoms with Crippen LogP contribution in [0.5, 0.6) is 0 Å². The van der Waals surface area contributed by atoms with Gasteiger partial charge in [-0.05, 0) is 50.7 Å². The maximum absolute atomic E-state index is 10.5. The Hall–Kier alpha value is -2.41. The van der Waals surface area contributed by atoms with Crippen molar-refractivity contribution in [1.82, 2.24) is 0 Å². The molecule has 0 saturated carbocycles. The number of hydrogen-bond donors (Lipinski definition) is 0. The average Bonchev–Trinajstić information content (AvgIpc) is 2.54. The zero-order valence-corrected chi connectivity index (χ0v) is 11.8. The average molecular weight is 272 g/mol. The quantitative estimate of drug-likeness (QED) is 0.287. The van der Waals surface area contributed by atoms with Crippen LogP contribution in [0.1, 0.15) is 18.4 Å². The van der Waals surface area contributed by atoms with E-state index in [2.05, 4.69) is 54.6 Å². The van der Waals surface area contributed by atoms with Crippen LogP contribution in [0.4, 0.5) is 0 Å². The van der Waals surface area contributed by atoms with E-state index in [-0.39, 0.29) is 0 Å². The number of aldehydes is 1. The summed E-state index contributed by atoms with van der Waals surface area (Å²) in [5.74, 6) is 0. The summed E-state index contributed by atoms with van der Waals surface area (Å²) < 4.78 is 0. The molecule has 21 heavy (non-hydrogen) atoms. The van der Waals surface area contributed by atoms with Gasteiger partial charge in [-0.15, -0.1) is 0 Å². The minimum atomic E-state index is 0.641. The number of benzene rings is 4. The maximum Gasteiger partial charge on any atom is 0.120 e. The molecule has 0 aliphatic rings. The van der Waals surface area contributed by atoms with Gasteiger partial charge in [-0.2, -0.15) is 0 Å². The largest absolute Gasteiger partial charge is 0.303 e. The molecule has 0 aromatic heterocycles. The summed E-state index contributed by atoms with van der Waals surface area (Å²) in [7, 11) is 0. The first kappa shape index (κ1) is 12.3. The van der Waals surface area contributed by atoms with E-state index in [4.69, 9.17) is 0 Å². The molecule has 0 radical (unpaired) electrons. The minimum absolute atomic E-state index is 0.641. The van der Waals surface area contributed by atoms with Gasteiger partial charge >= 0.3 is 0 Å². The van der Waals surface area contributed by atoms with Gasteiger partial charge in [-0.1, -0.05) is 54.6 Å². The van der Waals surface area contributed by atoms with Crippen LogP contribution in [0.15, 0.2) is 54.6 Å². The molecule has 0 saturated heterocycles. The first-order chi connectivity index (χ1) is 10.4. The summed E-state index contributed by atoms with van der Waals surface area (Å²) in [4.78, 5) is 10.5. The number of carbonyl (C=O) groups is 1. The predicted molar refractivity (Wildman–Crippen MR) is 89.1 cm³/mol. The van der Waals surface area contributed by atoms with Gasteiger partial charge in [0.15, 0.2) is 0 Å². The van der Waals surface area contributed by atoms with Gasteiger partial charge in [0, 0.05) is 6.42 Å². The Kier molecular flexibility index (Phi) is 2.85. The van der Waals surface area contributed by atoms with Crippen molar-refractivity contribution >= 4 is 38.6 Å². The molecule has 0 amide bonds. The third-order valence-corrected chi connectivity index (χ3v) is 4.39. The highest BCUT2D eigenvalue weighted by Crippen LogP contribution is 2.36. The molecule has 0 atom stereocenters. The Labute approximate surface area is 123 Å². The normalized spacial score (nSPS) is 11.6. The van der Waals surface area contributed by atoms with Crippen molar-refractivity contribution in [1.29, 1.82) is 0 Å². The topological polar surface area (TPSA) is 17.1 Å². The summed E-state index contributed by atoms with van der Waals surface area (Å²) in [5.41, 5.74) is 1.35. The van der Waals surface area contributed by atoms with Crippen LogP contribution in [-0.4, -0.2) is 6.29 Å².